The van der Waals surface area contributed by atoms with E-state index in [-0.39, 0.29) is 17.7 Å². The molecule has 2 aromatic heterocycles. The number of amides is 1. The predicted molar refractivity (Wildman–Crippen MR) is 120 cm³/mol. The highest BCUT2D eigenvalue weighted by atomic mass is 16.6. The predicted octanol–water partition coefficient (Wildman–Crippen LogP) is 3.48. The average molecular weight is 422 g/mol. The van der Waals surface area contributed by atoms with Crippen LogP contribution in [0, 0.1) is 0 Å². The number of piperidine rings is 1. The number of rotatable bonds is 3. The van der Waals surface area contributed by atoms with Gasteiger partial charge in [-0.05, 0) is 57.9 Å². The fraction of sp³-hybridized carbons (Fsp3) is 0.391. The summed E-state index contributed by atoms with van der Waals surface area (Å²) in [6.45, 7) is 7.14. The second-order valence-electron chi connectivity index (χ2n) is 8.78. The van der Waals surface area contributed by atoms with E-state index in [1.54, 1.807) is 6.20 Å². The van der Waals surface area contributed by atoms with E-state index >= 15 is 0 Å². The van der Waals surface area contributed by atoms with Gasteiger partial charge in [0.1, 0.15) is 11.4 Å². The van der Waals surface area contributed by atoms with Crippen molar-refractivity contribution < 1.29 is 9.53 Å². The smallest absolute Gasteiger partial charge is 0.407 e. The van der Waals surface area contributed by atoms with Crippen LogP contribution in [-0.2, 0) is 4.74 Å². The minimum Gasteiger partial charge on any atom is -0.444 e. The van der Waals surface area contributed by atoms with Crippen molar-refractivity contribution in [2.24, 2.45) is 0 Å². The van der Waals surface area contributed by atoms with Crippen molar-refractivity contribution >= 4 is 22.7 Å². The van der Waals surface area contributed by atoms with Crippen LogP contribution in [0.15, 0.2) is 47.5 Å². The highest BCUT2D eigenvalue weighted by Gasteiger charge is 2.25. The zero-order chi connectivity index (χ0) is 22.0. The number of hydrogen-bond acceptors (Lipinski definition) is 6. The van der Waals surface area contributed by atoms with E-state index in [0.717, 1.165) is 41.5 Å². The number of pyridine rings is 1. The Morgan fingerprint density at radius 2 is 2.00 bits per heavy atom. The summed E-state index contributed by atoms with van der Waals surface area (Å²) in [5, 5.41) is 3.97. The number of fused-ring (bicyclic) bond motifs is 1. The molecule has 0 spiro atoms. The highest BCUT2D eigenvalue weighted by Crippen LogP contribution is 2.30. The van der Waals surface area contributed by atoms with Gasteiger partial charge in [-0.15, -0.1) is 0 Å². The van der Waals surface area contributed by atoms with Crippen molar-refractivity contribution in [1.82, 2.24) is 20.3 Å². The third kappa shape index (κ3) is 5.02. The number of carbonyl (C=O) groups is 1. The summed E-state index contributed by atoms with van der Waals surface area (Å²) in [4.78, 5) is 37.7. The third-order valence-electron chi connectivity index (χ3n) is 5.15. The van der Waals surface area contributed by atoms with Crippen molar-refractivity contribution in [3.05, 3.63) is 53.1 Å². The zero-order valence-electron chi connectivity index (χ0n) is 18.0. The first kappa shape index (κ1) is 20.8. The summed E-state index contributed by atoms with van der Waals surface area (Å²) in [5.74, 6) is 0.521. The van der Waals surface area contributed by atoms with Crippen LogP contribution in [0.4, 0.5) is 10.5 Å². The molecule has 0 bridgehead atoms. The van der Waals surface area contributed by atoms with Gasteiger partial charge in [0, 0.05) is 54.2 Å². The standard InChI is InChI=1S/C23H27N5O3/c1-23(2,3)31-22(30)26-16-5-4-12-28(14-16)19-8-10-24-18-7-6-15(13-17(18)19)21-25-11-9-20(29)27-21/h6-11,13,16H,4-5,12,14H2,1-3H3,(H,26,30)(H,25,27,29)/t16-/m0/s1. The number of H-pyrrole nitrogens is 1. The van der Waals surface area contributed by atoms with Gasteiger partial charge in [-0.1, -0.05) is 0 Å². The van der Waals surface area contributed by atoms with E-state index in [1.807, 2.05) is 45.0 Å². The van der Waals surface area contributed by atoms with E-state index in [2.05, 4.69) is 25.2 Å². The van der Waals surface area contributed by atoms with E-state index < -0.39 is 5.60 Å². The molecule has 8 heteroatoms. The SMILES string of the molecule is CC(C)(C)OC(=O)N[C@H]1CCCN(c2ccnc3ccc(-c4nccc(=O)[nH]4)cc23)C1. The number of nitrogens with one attached hydrogen (secondary N) is 2. The zero-order valence-corrected chi connectivity index (χ0v) is 18.0. The van der Waals surface area contributed by atoms with Crippen LogP contribution in [0.2, 0.25) is 0 Å². The van der Waals surface area contributed by atoms with Crippen LogP contribution in [0.3, 0.4) is 0 Å². The first-order valence-corrected chi connectivity index (χ1v) is 10.5. The maximum Gasteiger partial charge on any atom is 0.407 e. The van der Waals surface area contributed by atoms with Crippen LogP contribution in [0.25, 0.3) is 22.3 Å². The molecule has 1 aliphatic rings. The molecule has 8 nitrogen and oxygen atoms in total. The number of alkyl carbamates (subject to hydrolysis) is 1. The molecule has 1 fully saturated rings. The highest BCUT2D eigenvalue weighted by molar-refractivity contribution is 5.94. The number of benzene rings is 1. The number of hydrogen-bond donors (Lipinski definition) is 2. The Labute approximate surface area is 180 Å². The average Bonchev–Trinajstić information content (AvgIpc) is 2.71. The Kier molecular flexibility index (Phi) is 5.63. The van der Waals surface area contributed by atoms with Crippen LogP contribution >= 0.6 is 0 Å². The number of nitrogens with zero attached hydrogens (tertiary/aromatic N) is 3. The van der Waals surface area contributed by atoms with Gasteiger partial charge in [0.2, 0.25) is 0 Å². The molecule has 1 aromatic carbocycles. The molecule has 0 radical (unpaired) electrons. The molecule has 2 N–H and O–H groups in total. The topological polar surface area (TPSA) is 100 Å². The Morgan fingerprint density at radius 1 is 1.19 bits per heavy atom. The van der Waals surface area contributed by atoms with Crippen molar-refractivity contribution in [3.8, 4) is 11.4 Å². The largest absolute Gasteiger partial charge is 0.444 e. The number of aromatic nitrogens is 3. The van der Waals surface area contributed by atoms with Crippen molar-refractivity contribution in [1.29, 1.82) is 0 Å². The molecule has 1 atom stereocenters. The monoisotopic (exact) mass is 421 g/mol. The van der Waals surface area contributed by atoms with Gasteiger partial charge in [0.05, 0.1) is 5.52 Å². The minimum absolute atomic E-state index is 0.00198. The van der Waals surface area contributed by atoms with Crippen LogP contribution in [0.1, 0.15) is 33.6 Å². The second-order valence-corrected chi connectivity index (χ2v) is 8.78. The molecule has 1 amide bonds. The molecule has 1 saturated heterocycles. The Hall–Kier alpha value is -3.42. The van der Waals surface area contributed by atoms with Gasteiger partial charge < -0.3 is 19.9 Å². The summed E-state index contributed by atoms with van der Waals surface area (Å²) in [5.41, 5.74) is 2.01. The Bertz CT molecular complexity index is 1150. The molecule has 1 aliphatic heterocycles. The lowest BCUT2D eigenvalue weighted by Gasteiger charge is -2.35. The molecular weight excluding hydrogens is 394 g/mol. The fourth-order valence-electron chi connectivity index (χ4n) is 3.86. The number of aromatic amines is 1. The molecule has 3 aromatic rings. The lowest BCUT2D eigenvalue weighted by atomic mass is 10.0. The van der Waals surface area contributed by atoms with E-state index in [0.29, 0.717) is 12.4 Å². The van der Waals surface area contributed by atoms with Crippen molar-refractivity contribution in [2.45, 2.75) is 45.3 Å². The van der Waals surface area contributed by atoms with E-state index in [1.165, 1.54) is 12.3 Å². The van der Waals surface area contributed by atoms with Gasteiger partial charge in [-0.25, -0.2) is 9.78 Å². The normalized spacial score (nSPS) is 16.9. The lowest BCUT2D eigenvalue weighted by Crippen LogP contribution is -2.49. The summed E-state index contributed by atoms with van der Waals surface area (Å²) >= 11 is 0. The molecular formula is C23H27N5O3. The van der Waals surface area contributed by atoms with E-state index in [4.69, 9.17) is 4.74 Å². The maximum absolute atomic E-state index is 12.2. The Balaban J connectivity index is 1.60. The number of carbonyl (C=O) groups excluding carboxylic acids is 1. The molecule has 0 unspecified atom stereocenters. The molecule has 31 heavy (non-hydrogen) atoms. The van der Waals surface area contributed by atoms with Crippen LogP contribution in [0.5, 0.6) is 0 Å². The number of ether oxygens (including phenoxy) is 1. The first-order valence-electron chi connectivity index (χ1n) is 10.5. The summed E-state index contributed by atoms with van der Waals surface area (Å²) < 4.78 is 5.41. The van der Waals surface area contributed by atoms with Gasteiger partial charge in [-0.3, -0.25) is 9.78 Å². The lowest BCUT2D eigenvalue weighted by molar-refractivity contribution is 0.0500. The van der Waals surface area contributed by atoms with Crippen molar-refractivity contribution in [2.75, 3.05) is 18.0 Å². The molecule has 3 heterocycles. The van der Waals surface area contributed by atoms with Gasteiger partial charge >= 0.3 is 6.09 Å². The van der Waals surface area contributed by atoms with Gasteiger partial charge in [0.25, 0.3) is 5.56 Å². The Morgan fingerprint density at radius 3 is 2.77 bits per heavy atom. The van der Waals surface area contributed by atoms with E-state index in [9.17, 15) is 9.59 Å². The van der Waals surface area contributed by atoms with Crippen LogP contribution < -0.4 is 15.8 Å². The molecule has 0 aliphatic carbocycles. The third-order valence-corrected chi connectivity index (χ3v) is 5.15. The summed E-state index contributed by atoms with van der Waals surface area (Å²) in [7, 11) is 0. The van der Waals surface area contributed by atoms with Crippen LogP contribution in [-0.4, -0.2) is 45.8 Å². The quantitative estimate of drug-likeness (QED) is 0.672. The van der Waals surface area contributed by atoms with Crippen molar-refractivity contribution in [3.63, 3.8) is 0 Å². The first-order chi connectivity index (χ1) is 14.8. The molecule has 4 rings (SSSR count). The molecule has 0 saturated carbocycles. The maximum atomic E-state index is 12.2. The molecule has 162 valence electrons. The van der Waals surface area contributed by atoms with Gasteiger partial charge in [0.15, 0.2) is 0 Å². The second kappa shape index (κ2) is 8.37. The fourth-order valence-corrected chi connectivity index (χ4v) is 3.86. The summed E-state index contributed by atoms with van der Waals surface area (Å²) in [6, 6.07) is 9.22. The minimum atomic E-state index is -0.525. The summed E-state index contributed by atoms with van der Waals surface area (Å²) in [6.07, 6.45) is 4.77. The van der Waals surface area contributed by atoms with Gasteiger partial charge in [-0.2, -0.15) is 0 Å². The number of anilines is 1.